The van der Waals surface area contributed by atoms with Crippen molar-refractivity contribution in [3.05, 3.63) is 35.4 Å². The first-order valence-electron chi connectivity index (χ1n) is 7.04. The van der Waals surface area contributed by atoms with Crippen LogP contribution in [0, 0.1) is 0 Å². The Morgan fingerprint density at radius 1 is 1.32 bits per heavy atom. The summed E-state index contributed by atoms with van der Waals surface area (Å²) in [5.41, 5.74) is 6.81. The summed E-state index contributed by atoms with van der Waals surface area (Å²) < 4.78 is 44.3. The Morgan fingerprint density at radius 2 is 1.95 bits per heavy atom. The molecule has 1 aromatic rings. The first-order chi connectivity index (χ1) is 10.3. The molecule has 0 aliphatic carbocycles. The number of amides is 1. The van der Waals surface area contributed by atoms with Crippen LogP contribution in [-0.2, 0) is 11.3 Å². The van der Waals surface area contributed by atoms with Gasteiger partial charge >= 0.3 is 6.18 Å². The molecule has 2 N–H and O–H groups in total. The highest BCUT2D eigenvalue weighted by Crippen LogP contribution is 2.32. The van der Waals surface area contributed by atoms with Crippen LogP contribution in [-0.4, -0.2) is 42.7 Å². The largest absolute Gasteiger partial charge is 0.408 e. The van der Waals surface area contributed by atoms with E-state index >= 15 is 0 Å². The van der Waals surface area contributed by atoms with Crippen LogP contribution in [0.5, 0.6) is 0 Å². The maximum absolute atomic E-state index is 13.1. The molecule has 1 aromatic carbocycles. The Balaban J connectivity index is 2.20. The highest BCUT2D eigenvalue weighted by molar-refractivity contribution is 5.94. The quantitative estimate of drug-likeness (QED) is 0.931. The zero-order valence-electron chi connectivity index (χ0n) is 12.3. The van der Waals surface area contributed by atoms with Crippen molar-refractivity contribution >= 4 is 5.91 Å². The Bertz CT molecular complexity index is 517. The number of hydrogen-bond donors (Lipinski definition) is 1. The zero-order valence-corrected chi connectivity index (χ0v) is 12.3. The summed E-state index contributed by atoms with van der Waals surface area (Å²) in [5.74, 6) is -0.638. The van der Waals surface area contributed by atoms with E-state index in [2.05, 4.69) is 0 Å². The van der Waals surface area contributed by atoms with Gasteiger partial charge in [-0.3, -0.25) is 4.79 Å². The lowest BCUT2D eigenvalue weighted by Gasteiger charge is -2.39. The Hall–Kier alpha value is -1.60. The third kappa shape index (κ3) is 3.78. The van der Waals surface area contributed by atoms with Crippen molar-refractivity contribution in [1.29, 1.82) is 0 Å². The maximum Gasteiger partial charge on any atom is 0.408 e. The average molecular weight is 316 g/mol. The molecule has 7 heteroatoms. The van der Waals surface area contributed by atoms with Crippen LogP contribution in [0.15, 0.2) is 24.3 Å². The van der Waals surface area contributed by atoms with Gasteiger partial charge in [-0.2, -0.15) is 13.2 Å². The molecule has 1 aliphatic rings. The molecule has 1 aliphatic heterocycles. The number of nitrogens with zero attached hydrogens (tertiary/aromatic N) is 1. The molecule has 1 fully saturated rings. The van der Waals surface area contributed by atoms with Crippen molar-refractivity contribution < 1.29 is 22.7 Å². The van der Waals surface area contributed by atoms with Crippen molar-refractivity contribution in [3.63, 3.8) is 0 Å². The number of rotatable bonds is 3. The fraction of sp³-hybridized carbons (Fsp3) is 0.533. The Kier molecular flexibility index (Phi) is 5.08. The summed E-state index contributed by atoms with van der Waals surface area (Å²) in [4.78, 5) is 13.3. The van der Waals surface area contributed by atoms with Crippen LogP contribution in [0.25, 0.3) is 0 Å². The number of carbonyl (C=O) groups excluding carboxylic acids is 1. The SMILES string of the molecule is COCc1ccc(C(=O)N2CC(N)CCC2C(F)(F)F)cc1. The summed E-state index contributed by atoms with van der Waals surface area (Å²) in [6.07, 6.45) is -4.33. The lowest BCUT2D eigenvalue weighted by Crippen LogP contribution is -2.56. The molecule has 0 saturated carbocycles. The number of halogens is 3. The van der Waals surface area contributed by atoms with Crippen molar-refractivity contribution in [3.8, 4) is 0 Å². The number of nitrogens with two attached hydrogens (primary N) is 1. The van der Waals surface area contributed by atoms with Crippen LogP contribution >= 0.6 is 0 Å². The van der Waals surface area contributed by atoms with Crippen LogP contribution in [0.3, 0.4) is 0 Å². The van der Waals surface area contributed by atoms with Gasteiger partial charge in [-0.25, -0.2) is 0 Å². The van der Waals surface area contributed by atoms with Gasteiger partial charge in [0, 0.05) is 25.3 Å². The van der Waals surface area contributed by atoms with E-state index in [0.717, 1.165) is 10.5 Å². The number of hydrogen-bond acceptors (Lipinski definition) is 3. The molecule has 0 aromatic heterocycles. The van der Waals surface area contributed by atoms with Gasteiger partial charge in [0.15, 0.2) is 0 Å². The lowest BCUT2D eigenvalue weighted by molar-refractivity contribution is -0.184. The number of methoxy groups -OCH3 is 1. The fourth-order valence-corrected chi connectivity index (χ4v) is 2.64. The van der Waals surface area contributed by atoms with E-state index in [4.69, 9.17) is 10.5 Å². The Morgan fingerprint density at radius 3 is 2.50 bits per heavy atom. The van der Waals surface area contributed by atoms with E-state index in [0.29, 0.717) is 6.61 Å². The van der Waals surface area contributed by atoms with Crippen molar-refractivity contribution in [1.82, 2.24) is 4.90 Å². The van der Waals surface area contributed by atoms with Crippen LogP contribution < -0.4 is 5.73 Å². The average Bonchev–Trinajstić information content (AvgIpc) is 2.46. The second-order valence-electron chi connectivity index (χ2n) is 5.48. The number of alkyl halides is 3. The molecule has 1 heterocycles. The number of benzene rings is 1. The molecule has 122 valence electrons. The van der Waals surface area contributed by atoms with Gasteiger partial charge in [0.1, 0.15) is 6.04 Å². The van der Waals surface area contributed by atoms with E-state index in [-0.39, 0.29) is 24.9 Å². The predicted molar refractivity (Wildman–Crippen MR) is 75.2 cm³/mol. The predicted octanol–water partition coefficient (Wildman–Crippen LogP) is 2.33. The fourth-order valence-electron chi connectivity index (χ4n) is 2.64. The highest BCUT2D eigenvalue weighted by Gasteiger charge is 2.47. The topological polar surface area (TPSA) is 55.6 Å². The smallest absolute Gasteiger partial charge is 0.380 e. The molecule has 2 rings (SSSR count). The highest BCUT2D eigenvalue weighted by atomic mass is 19.4. The van der Waals surface area contributed by atoms with Gasteiger partial charge in [-0.05, 0) is 30.5 Å². The first-order valence-corrected chi connectivity index (χ1v) is 7.04. The van der Waals surface area contributed by atoms with E-state index in [1.807, 2.05) is 0 Å². The van der Waals surface area contributed by atoms with Gasteiger partial charge < -0.3 is 15.4 Å². The molecule has 22 heavy (non-hydrogen) atoms. The maximum atomic E-state index is 13.1. The minimum Gasteiger partial charge on any atom is -0.380 e. The van der Waals surface area contributed by atoms with Gasteiger partial charge in [0.2, 0.25) is 0 Å². The summed E-state index contributed by atoms with van der Waals surface area (Å²) in [6, 6.07) is 4.19. The second kappa shape index (κ2) is 6.66. The molecular formula is C15H19F3N2O2. The number of ether oxygens (including phenoxy) is 1. The summed E-state index contributed by atoms with van der Waals surface area (Å²) in [5, 5.41) is 0. The molecule has 1 amide bonds. The zero-order chi connectivity index (χ0) is 16.3. The van der Waals surface area contributed by atoms with Gasteiger partial charge in [0.05, 0.1) is 6.61 Å². The van der Waals surface area contributed by atoms with Gasteiger partial charge in [-0.1, -0.05) is 12.1 Å². The Labute approximate surface area is 127 Å². The summed E-state index contributed by atoms with van der Waals surface area (Å²) >= 11 is 0. The third-order valence-electron chi connectivity index (χ3n) is 3.77. The van der Waals surface area contributed by atoms with E-state index < -0.39 is 24.2 Å². The summed E-state index contributed by atoms with van der Waals surface area (Å²) in [6.45, 7) is 0.303. The molecule has 0 radical (unpaired) electrons. The molecule has 0 bridgehead atoms. The van der Waals surface area contributed by atoms with Crippen molar-refractivity contribution in [2.45, 2.75) is 37.7 Å². The lowest BCUT2D eigenvalue weighted by atomic mass is 9.97. The molecule has 2 atom stereocenters. The summed E-state index contributed by atoms with van der Waals surface area (Å²) in [7, 11) is 1.54. The minimum absolute atomic E-state index is 0.0805. The number of carbonyl (C=O) groups is 1. The second-order valence-corrected chi connectivity index (χ2v) is 5.48. The minimum atomic E-state index is -4.44. The molecule has 1 saturated heterocycles. The number of piperidine rings is 1. The third-order valence-corrected chi connectivity index (χ3v) is 3.77. The molecule has 0 spiro atoms. The number of likely N-dealkylation sites (tertiary alicyclic amines) is 1. The van der Waals surface area contributed by atoms with Crippen LogP contribution in [0.2, 0.25) is 0 Å². The van der Waals surface area contributed by atoms with Gasteiger partial charge in [-0.15, -0.1) is 0 Å². The normalized spacial score (nSPS) is 22.7. The van der Waals surface area contributed by atoms with Crippen molar-refractivity contribution in [2.75, 3.05) is 13.7 Å². The molecule has 2 unspecified atom stereocenters. The van der Waals surface area contributed by atoms with Crippen LogP contribution in [0.4, 0.5) is 13.2 Å². The van der Waals surface area contributed by atoms with E-state index in [1.54, 1.807) is 19.2 Å². The monoisotopic (exact) mass is 316 g/mol. The van der Waals surface area contributed by atoms with E-state index in [1.165, 1.54) is 12.1 Å². The molecular weight excluding hydrogens is 297 g/mol. The standard InChI is InChI=1S/C15H19F3N2O2/c1-22-9-10-2-4-11(5-3-10)14(21)20-8-12(19)6-7-13(20)15(16,17)18/h2-5,12-13H,6-9,19H2,1H3. The van der Waals surface area contributed by atoms with Crippen LogP contribution in [0.1, 0.15) is 28.8 Å². The van der Waals surface area contributed by atoms with Gasteiger partial charge in [0.25, 0.3) is 5.91 Å². The first kappa shape index (κ1) is 16.8. The van der Waals surface area contributed by atoms with E-state index in [9.17, 15) is 18.0 Å². The van der Waals surface area contributed by atoms with Crippen molar-refractivity contribution in [2.24, 2.45) is 5.73 Å². The molecule has 4 nitrogen and oxygen atoms in total.